The van der Waals surface area contributed by atoms with E-state index in [1.54, 1.807) is 17.5 Å². The topological polar surface area (TPSA) is 90.3 Å². The quantitative estimate of drug-likeness (QED) is 0.672. The number of carbonyl (C=O) groups excluding carboxylic acids is 2. The fourth-order valence-electron chi connectivity index (χ4n) is 2.38. The lowest BCUT2D eigenvalue weighted by Gasteiger charge is -2.09. The minimum atomic E-state index is -0.553. The average Bonchev–Trinajstić information content (AvgIpc) is 3.11. The van der Waals surface area contributed by atoms with Crippen LogP contribution in [0.5, 0.6) is 0 Å². The van der Waals surface area contributed by atoms with Crippen LogP contribution in [0.4, 0.5) is 5.69 Å². The summed E-state index contributed by atoms with van der Waals surface area (Å²) in [5.74, 6) is -0.964. The highest BCUT2D eigenvalue weighted by Gasteiger charge is 2.11. The van der Waals surface area contributed by atoms with Gasteiger partial charge in [-0.3, -0.25) is 19.0 Å². The van der Waals surface area contributed by atoms with Gasteiger partial charge in [0.25, 0.3) is 11.5 Å². The Balaban J connectivity index is 1.49. The molecule has 0 atom stereocenters. The molecule has 0 saturated heterocycles. The maximum absolute atomic E-state index is 12.2. The molecule has 3 rings (SSSR count). The number of nitrogens with one attached hydrogen (secondary N) is 1. The van der Waals surface area contributed by atoms with E-state index in [0.29, 0.717) is 15.9 Å². The maximum Gasteiger partial charge on any atom is 0.308 e. The molecule has 0 radical (unpaired) electrons. The second-order valence-electron chi connectivity index (χ2n) is 5.66. The molecule has 1 N–H and O–H groups in total. The molecule has 8 heteroatoms. The van der Waals surface area contributed by atoms with Gasteiger partial charge in [-0.1, -0.05) is 18.2 Å². The number of ether oxygens (including phenoxy) is 1. The Labute approximate surface area is 153 Å². The van der Waals surface area contributed by atoms with Crippen LogP contribution >= 0.6 is 11.3 Å². The molecule has 134 valence electrons. The fourth-order valence-corrected chi connectivity index (χ4v) is 3.11. The summed E-state index contributed by atoms with van der Waals surface area (Å²) in [6.07, 6.45) is 1.40. The Kier molecular flexibility index (Phi) is 5.43. The number of rotatable bonds is 6. The highest BCUT2D eigenvalue weighted by Crippen LogP contribution is 2.14. The van der Waals surface area contributed by atoms with E-state index in [1.165, 1.54) is 22.2 Å². The van der Waals surface area contributed by atoms with E-state index in [0.717, 1.165) is 5.56 Å². The Morgan fingerprint density at radius 1 is 1.27 bits per heavy atom. The van der Waals surface area contributed by atoms with Gasteiger partial charge < -0.3 is 10.1 Å². The molecular formula is C18H17N3O4S. The predicted octanol–water partition coefficient (Wildman–Crippen LogP) is 2.34. The summed E-state index contributed by atoms with van der Waals surface area (Å²) >= 11 is 1.39. The van der Waals surface area contributed by atoms with Crippen molar-refractivity contribution in [3.8, 4) is 0 Å². The summed E-state index contributed by atoms with van der Waals surface area (Å²) < 4.78 is 6.33. The van der Waals surface area contributed by atoms with Crippen molar-refractivity contribution in [2.75, 3.05) is 11.9 Å². The van der Waals surface area contributed by atoms with Crippen LogP contribution in [0.2, 0.25) is 0 Å². The molecule has 0 aliphatic heterocycles. The highest BCUT2D eigenvalue weighted by molar-refractivity contribution is 7.16. The van der Waals surface area contributed by atoms with Crippen LogP contribution in [0.1, 0.15) is 12.0 Å². The van der Waals surface area contributed by atoms with Crippen LogP contribution in [0, 0.1) is 6.92 Å². The number of amides is 1. The Bertz CT molecular complexity index is 1010. The largest absolute Gasteiger partial charge is 0.456 e. The number of aromatic nitrogens is 2. The third kappa shape index (κ3) is 4.15. The summed E-state index contributed by atoms with van der Waals surface area (Å²) in [4.78, 5) is 40.8. The second-order valence-corrected chi connectivity index (χ2v) is 6.55. The number of carbonyl (C=O) groups is 2. The van der Waals surface area contributed by atoms with E-state index in [2.05, 4.69) is 10.3 Å². The van der Waals surface area contributed by atoms with Crippen LogP contribution in [0.15, 0.2) is 46.8 Å². The first kappa shape index (κ1) is 17.8. The monoisotopic (exact) mass is 371 g/mol. The molecule has 7 nitrogen and oxygen atoms in total. The lowest BCUT2D eigenvalue weighted by molar-refractivity contribution is -0.147. The van der Waals surface area contributed by atoms with Crippen LogP contribution in [0.3, 0.4) is 0 Å². The third-order valence-corrected chi connectivity index (χ3v) is 4.61. The molecule has 0 unspecified atom stereocenters. The van der Waals surface area contributed by atoms with Gasteiger partial charge in [-0.15, -0.1) is 11.3 Å². The van der Waals surface area contributed by atoms with E-state index < -0.39 is 11.9 Å². The summed E-state index contributed by atoms with van der Waals surface area (Å²) in [6.45, 7) is 1.65. The van der Waals surface area contributed by atoms with Crippen molar-refractivity contribution in [2.24, 2.45) is 0 Å². The third-order valence-electron chi connectivity index (χ3n) is 3.79. The van der Waals surface area contributed by atoms with Gasteiger partial charge in [-0.05, 0) is 30.0 Å². The van der Waals surface area contributed by atoms with E-state index in [-0.39, 0.29) is 25.1 Å². The van der Waals surface area contributed by atoms with E-state index in [9.17, 15) is 14.4 Å². The number of anilines is 1. The summed E-state index contributed by atoms with van der Waals surface area (Å²) in [5.41, 5.74) is 1.40. The molecule has 0 bridgehead atoms. The number of thiophene rings is 1. The molecule has 1 aromatic carbocycles. The molecule has 0 spiro atoms. The first-order valence-electron chi connectivity index (χ1n) is 7.98. The van der Waals surface area contributed by atoms with Gasteiger partial charge in [0.2, 0.25) is 0 Å². The highest BCUT2D eigenvalue weighted by atomic mass is 32.1. The van der Waals surface area contributed by atoms with Crippen molar-refractivity contribution in [1.29, 1.82) is 0 Å². The summed E-state index contributed by atoms with van der Waals surface area (Å²) in [6, 6.07) is 9.03. The predicted molar refractivity (Wildman–Crippen MR) is 99.3 cm³/mol. The first-order valence-corrected chi connectivity index (χ1v) is 8.86. The van der Waals surface area contributed by atoms with Crippen molar-refractivity contribution in [1.82, 2.24) is 9.55 Å². The van der Waals surface area contributed by atoms with Crippen molar-refractivity contribution < 1.29 is 14.3 Å². The number of hydrogen-bond donors (Lipinski definition) is 1. The Morgan fingerprint density at radius 2 is 2.08 bits per heavy atom. The molecule has 0 fully saturated rings. The van der Waals surface area contributed by atoms with Crippen LogP contribution in [-0.2, 0) is 20.9 Å². The average molecular weight is 371 g/mol. The lowest BCUT2D eigenvalue weighted by atomic mass is 10.2. The van der Waals surface area contributed by atoms with Gasteiger partial charge in [0.05, 0.1) is 18.1 Å². The summed E-state index contributed by atoms with van der Waals surface area (Å²) in [5, 5.41) is 5.01. The Hall–Kier alpha value is -3.00. The summed E-state index contributed by atoms with van der Waals surface area (Å²) in [7, 11) is 0. The first-order chi connectivity index (χ1) is 12.5. The van der Waals surface area contributed by atoms with Crippen LogP contribution in [-0.4, -0.2) is 28.0 Å². The SMILES string of the molecule is Cc1ccccc1NC(=O)COC(=O)CCn1cnc2sccc2c1=O. The van der Waals surface area contributed by atoms with Crippen molar-refractivity contribution in [3.05, 3.63) is 58.0 Å². The number of para-hydroxylation sites is 1. The van der Waals surface area contributed by atoms with Gasteiger partial charge in [0.1, 0.15) is 4.83 Å². The molecule has 0 aliphatic rings. The van der Waals surface area contributed by atoms with Crippen molar-refractivity contribution in [3.63, 3.8) is 0 Å². The zero-order valence-corrected chi connectivity index (χ0v) is 14.9. The molecular weight excluding hydrogens is 354 g/mol. The number of fused-ring (bicyclic) bond motifs is 1. The van der Waals surface area contributed by atoms with Gasteiger partial charge in [-0.2, -0.15) is 0 Å². The smallest absolute Gasteiger partial charge is 0.308 e. The van der Waals surface area contributed by atoms with Crippen molar-refractivity contribution >= 4 is 39.1 Å². The Morgan fingerprint density at radius 3 is 2.88 bits per heavy atom. The van der Waals surface area contributed by atoms with Gasteiger partial charge in [-0.25, -0.2) is 4.98 Å². The minimum Gasteiger partial charge on any atom is -0.456 e. The molecule has 0 saturated carbocycles. The van der Waals surface area contributed by atoms with E-state index in [4.69, 9.17) is 4.74 Å². The fraction of sp³-hybridized carbons (Fsp3) is 0.222. The molecule has 2 heterocycles. The number of hydrogen-bond acceptors (Lipinski definition) is 6. The molecule has 26 heavy (non-hydrogen) atoms. The zero-order valence-electron chi connectivity index (χ0n) is 14.1. The lowest BCUT2D eigenvalue weighted by Crippen LogP contribution is -2.24. The maximum atomic E-state index is 12.2. The van der Waals surface area contributed by atoms with E-state index >= 15 is 0 Å². The second kappa shape index (κ2) is 7.92. The number of aryl methyl sites for hydroxylation is 2. The van der Waals surface area contributed by atoms with E-state index in [1.807, 2.05) is 25.1 Å². The molecule has 1 amide bonds. The standard InChI is InChI=1S/C18H17N3O4S/c1-12-4-2-3-5-14(12)20-15(22)10-25-16(23)6-8-21-11-19-17-13(18(21)24)7-9-26-17/h2-5,7,9,11H,6,8,10H2,1H3,(H,20,22). The van der Waals surface area contributed by atoms with Crippen LogP contribution in [0.25, 0.3) is 10.2 Å². The molecule has 2 aromatic heterocycles. The zero-order chi connectivity index (χ0) is 18.5. The van der Waals surface area contributed by atoms with Crippen LogP contribution < -0.4 is 10.9 Å². The molecule has 3 aromatic rings. The number of benzene rings is 1. The minimum absolute atomic E-state index is 0.0190. The number of esters is 1. The van der Waals surface area contributed by atoms with Gasteiger partial charge >= 0.3 is 5.97 Å². The van der Waals surface area contributed by atoms with Crippen molar-refractivity contribution in [2.45, 2.75) is 19.9 Å². The van der Waals surface area contributed by atoms with Gasteiger partial charge in [0, 0.05) is 12.2 Å². The van der Waals surface area contributed by atoms with Gasteiger partial charge in [0.15, 0.2) is 6.61 Å². The number of nitrogens with zero attached hydrogens (tertiary/aromatic N) is 2. The normalized spacial score (nSPS) is 10.7. The molecule has 0 aliphatic carbocycles.